The van der Waals surface area contributed by atoms with Crippen molar-refractivity contribution in [1.82, 2.24) is 15.1 Å². The standard InChI is InChI=1S/C22H30N4OS/c1-17-5-8-21(24-23-17)25-13-10-22(11-14-25)9-3-12-26(22)16-18-6-7-20(28-18)19-4-2-15-27-19/h5-8,19H,2-4,9-16H2,1H3/t19-/m0/s1. The first-order valence-corrected chi connectivity index (χ1v) is 11.5. The number of aromatic nitrogens is 2. The Labute approximate surface area is 171 Å². The van der Waals surface area contributed by atoms with Crippen LogP contribution in [-0.4, -0.2) is 46.9 Å². The smallest absolute Gasteiger partial charge is 0.151 e. The second-order valence-electron chi connectivity index (χ2n) is 8.58. The van der Waals surface area contributed by atoms with Crippen molar-refractivity contribution in [1.29, 1.82) is 0 Å². The molecular weight excluding hydrogens is 368 g/mol. The summed E-state index contributed by atoms with van der Waals surface area (Å²) in [7, 11) is 0. The molecule has 2 aromatic heterocycles. The predicted octanol–water partition coefficient (Wildman–Crippen LogP) is 4.33. The fourth-order valence-electron chi connectivity index (χ4n) is 5.16. The third-order valence-electron chi connectivity index (χ3n) is 6.82. The van der Waals surface area contributed by atoms with E-state index in [0.29, 0.717) is 11.6 Å². The molecule has 2 aromatic rings. The molecule has 3 fully saturated rings. The molecule has 0 N–H and O–H groups in total. The van der Waals surface area contributed by atoms with Crippen molar-refractivity contribution in [2.45, 2.75) is 63.6 Å². The molecular formula is C22H30N4OS. The minimum Gasteiger partial charge on any atom is -0.373 e. The Hall–Kier alpha value is -1.50. The van der Waals surface area contributed by atoms with Gasteiger partial charge in [-0.1, -0.05) is 0 Å². The second kappa shape index (κ2) is 7.73. The van der Waals surface area contributed by atoms with Crippen LogP contribution in [0.25, 0.3) is 0 Å². The minimum absolute atomic E-state index is 0.352. The van der Waals surface area contributed by atoms with Crippen LogP contribution < -0.4 is 4.90 Å². The summed E-state index contributed by atoms with van der Waals surface area (Å²) in [5, 5.41) is 8.63. The summed E-state index contributed by atoms with van der Waals surface area (Å²) in [6.45, 7) is 7.42. The molecule has 5 heterocycles. The fraction of sp³-hybridized carbons (Fsp3) is 0.636. The lowest BCUT2D eigenvalue weighted by Gasteiger charge is -2.45. The van der Waals surface area contributed by atoms with Crippen molar-refractivity contribution in [3.8, 4) is 0 Å². The third kappa shape index (κ3) is 3.58. The van der Waals surface area contributed by atoms with E-state index in [2.05, 4.69) is 44.3 Å². The molecule has 5 nitrogen and oxygen atoms in total. The van der Waals surface area contributed by atoms with Crippen molar-refractivity contribution in [3.63, 3.8) is 0 Å². The van der Waals surface area contributed by atoms with Gasteiger partial charge < -0.3 is 9.64 Å². The van der Waals surface area contributed by atoms with Gasteiger partial charge in [0.2, 0.25) is 0 Å². The summed E-state index contributed by atoms with van der Waals surface area (Å²) >= 11 is 1.97. The maximum absolute atomic E-state index is 5.87. The Bertz CT molecular complexity index is 791. The van der Waals surface area contributed by atoms with Crippen LogP contribution in [0.15, 0.2) is 24.3 Å². The van der Waals surface area contributed by atoms with Crippen LogP contribution in [0.1, 0.15) is 60.1 Å². The molecule has 0 radical (unpaired) electrons. The number of thiophene rings is 1. The van der Waals surface area contributed by atoms with Gasteiger partial charge >= 0.3 is 0 Å². The molecule has 0 aromatic carbocycles. The van der Waals surface area contributed by atoms with Crippen LogP contribution in [0.5, 0.6) is 0 Å². The number of nitrogens with zero attached hydrogens (tertiary/aromatic N) is 4. The van der Waals surface area contributed by atoms with Crippen LogP contribution in [-0.2, 0) is 11.3 Å². The zero-order chi connectivity index (χ0) is 19.0. The normalized spacial score (nSPS) is 25.0. The molecule has 0 amide bonds. The molecule has 0 unspecified atom stereocenters. The molecule has 28 heavy (non-hydrogen) atoms. The summed E-state index contributed by atoms with van der Waals surface area (Å²) in [5.41, 5.74) is 1.36. The predicted molar refractivity (Wildman–Crippen MR) is 113 cm³/mol. The molecule has 3 saturated heterocycles. The maximum Gasteiger partial charge on any atom is 0.151 e. The molecule has 0 aliphatic carbocycles. The van der Waals surface area contributed by atoms with Crippen LogP contribution in [0, 0.1) is 6.92 Å². The van der Waals surface area contributed by atoms with Crippen molar-refractivity contribution in [2.24, 2.45) is 0 Å². The Kier molecular flexibility index (Phi) is 5.11. The fourth-order valence-corrected chi connectivity index (χ4v) is 6.28. The van der Waals surface area contributed by atoms with Gasteiger partial charge in [0.25, 0.3) is 0 Å². The van der Waals surface area contributed by atoms with Crippen molar-refractivity contribution >= 4 is 17.2 Å². The molecule has 0 saturated carbocycles. The van der Waals surface area contributed by atoms with Crippen molar-refractivity contribution < 1.29 is 4.74 Å². The molecule has 3 aliphatic heterocycles. The molecule has 150 valence electrons. The van der Waals surface area contributed by atoms with E-state index in [1.54, 1.807) is 0 Å². The van der Waals surface area contributed by atoms with Gasteiger partial charge in [0, 0.05) is 41.5 Å². The van der Waals surface area contributed by atoms with Gasteiger partial charge in [-0.2, -0.15) is 5.10 Å². The number of aryl methyl sites for hydroxylation is 1. The number of anilines is 1. The highest BCUT2D eigenvalue weighted by Gasteiger charge is 2.43. The van der Waals surface area contributed by atoms with Crippen LogP contribution in [0.3, 0.4) is 0 Å². The number of rotatable bonds is 4. The van der Waals surface area contributed by atoms with E-state index in [-0.39, 0.29) is 0 Å². The number of ether oxygens (including phenoxy) is 1. The van der Waals surface area contributed by atoms with Crippen LogP contribution >= 0.6 is 11.3 Å². The van der Waals surface area contributed by atoms with E-state index in [1.807, 2.05) is 18.3 Å². The van der Waals surface area contributed by atoms with Gasteiger partial charge in [0.1, 0.15) is 0 Å². The number of hydrogen-bond acceptors (Lipinski definition) is 6. The first kappa shape index (κ1) is 18.5. The highest BCUT2D eigenvalue weighted by atomic mass is 32.1. The van der Waals surface area contributed by atoms with E-state index in [4.69, 9.17) is 4.74 Å². The lowest BCUT2D eigenvalue weighted by Crippen LogP contribution is -2.52. The van der Waals surface area contributed by atoms with Gasteiger partial charge in [-0.15, -0.1) is 16.4 Å². The molecule has 6 heteroatoms. The Morgan fingerprint density at radius 2 is 1.96 bits per heavy atom. The largest absolute Gasteiger partial charge is 0.373 e. The summed E-state index contributed by atoms with van der Waals surface area (Å²) < 4.78 is 5.87. The van der Waals surface area contributed by atoms with Crippen LogP contribution in [0.4, 0.5) is 5.82 Å². The molecule has 1 spiro atoms. The quantitative estimate of drug-likeness (QED) is 0.767. The SMILES string of the molecule is Cc1ccc(N2CCC3(CCCN3Cc3ccc([C@@H]4CCCO4)s3)CC2)nn1. The van der Waals surface area contributed by atoms with Gasteiger partial charge in [-0.3, -0.25) is 4.90 Å². The summed E-state index contributed by atoms with van der Waals surface area (Å²) in [5.74, 6) is 1.03. The minimum atomic E-state index is 0.352. The third-order valence-corrected chi connectivity index (χ3v) is 7.98. The van der Waals surface area contributed by atoms with Crippen LogP contribution in [0.2, 0.25) is 0 Å². The molecule has 5 rings (SSSR count). The molecule has 3 aliphatic rings. The Balaban J connectivity index is 1.24. The van der Waals surface area contributed by atoms with E-state index in [0.717, 1.165) is 37.8 Å². The molecule has 0 bridgehead atoms. The zero-order valence-electron chi connectivity index (χ0n) is 16.8. The van der Waals surface area contributed by atoms with Gasteiger partial charge in [-0.05, 0) is 76.3 Å². The Morgan fingerprint density at radius 3 is 2.71 bits per heavy atom. The lowest BCUT2D eigenvalue weighted by molar-refractivity contribution is 0.101. The van der Waals surface area contributed by atoms with Gasteiger partial charge in [-0.25, -0.2) is 0 Å². The number of likely N-dealkylation sites (tertiary alicyclic amines) is 1. The average molecular weight is 399 g/mol. The van der Waals surface area contributed by atoms with E-state index >= 15 is 0 Å². The Morgan fingerprint density at radius 1 is 1.07 bits per heavy atom. The zero-order valence-corrected chi connectivity index (χ0v) is 17.6. The van der Waals surface area contributed by atoms with E-state index in [9.17, 15) is 0 Å². The summed E-state index contributed by atoms with van der Waals surface area (Å²) in [6, 6.07) is 8.82. The van der Waals surface area contributed by atoms with E-state index in [1.165, 1.54) is 54.8 Å². The highest BCUT2D eigenvalue weighted by molar-refractivity contribution is 7.12. The molecule has 1 atom stereocenters. The monoisotopic (exact) mass is 398 g/mol. The van der Waals surface area contributed by atoms with Gasteiger partial charge in [0.15, 0.2) is 5.82 Å². The van der Waals surface area contributed by atoms with E-state index < -0.39 is 0 Å². The average Bonchev–Trinajstić information content (AvgIpc) is 3.46. The number of piperidine rings is 1. The summed E-state index contributed by atoms with van der Waals surface area (Å²) in [4.78, 5) is 8.11. The first-order valence-electron chi connectivity index (χ1n) is 10.7. The van der Waals surface area contributed by atoms with Crippen molar-refractivity contribution in [2.75, 3.05) is 31.1 Å². The maximum atomic E-state index is 5.87. The topological polar surface area (TPSA) is 41.5 Å². The van der Waals surface area contributed by atoms with Gasteiger partial charge in [0.05, 0.1) is 11.8 Å². The number of hydrogen-bond donors (Lipinski definition) is 0. The summed E-state index contributed by atoms with van der Waals surface area (Å²) in [6.07, 6.45) is 7.86. The lowest BCUT2D eigenvalue weighted by atomic mass is 9.85. The first-order chi connectivity index (χ1) is 13.7. The van der Waals surface area contributed by atoms with Crippen molar-refractivity contribution in [3.05, 3.63) is 39.7 Å². The highest BCUT2D eigenvalue weighted by Crippen LogP contribution is 2.41. The second-order valence-corrected chi connectivity index (χ2v) is 9.78.